The van der Waals surface area contributed by atoms with Gasteiger partial charge in [-0.15, -0.1) is 0 Å². The van der Waals surface area contributed by atoms with E-state index in [2.05, 4.69) is 0 Å². The summed E-state index contributed by atoms with van der Waals surface area (Å²) in [6.07, 6.45) is -4.33. The Hall–Kier alpha value is -2.22. The zero-order valence-corrected chi connectivity index (χ0v) is 10.3. The molecule has 1 rings (SSSR count). The molecule has 0 radical (unpaired) electrons. The predicted octanol–water partition coefficient (Wildman–Crippen LogP) is 2.82. The highest BCUT2D eigenvalue weighted by molar-refractivity contribution is 6.33. The molecule has 0 bridgehead atoms. The molecule has 0 amide bonds. The lowest BCUT2D eigenvalue weighted by atomic mass is 10.2. The molecule has 9 heteroatoms. The molecule has 3 N–H and O–H groups in total. The summed E-state index contributed by atoms with van der Waals surface area (Å²) in [4.78, 5) is 21.2. The lowest BCUT2D eigenvalue weighted by Crippen LogP contribution is -2.14. The first kappa shape index (κ1) is 15.8. The molecule has 0 unspecified atom stereocenters. The van der Waals surface area contributed by atoms with E-state index in [4.69, 9.17) is 21.8 Å². The van der Waals surface area contributed by atoms with Crippen molar-refractivity contribution in [2.24, 2.45) is 0 Å². The van der Waals surface area contributed by atoms with Crippen LogP contribution in [-0.4, -0.2) is 22.2 Å². The number of alkyl halides is 3. The van der Waals surface area contributed by atoms with E-state index in [-0.39, 0.29) is 10.7 Å². The van der Waals surface area contributed by atoms with E-state index in [0.717, 1.165) is 12.1 Å². The second-order valence-corrected chi connectivity index (χ2v) is 3.93. The Balaban J connectivity index is 3.19. The zero-order valence-electron chi connectivity index (χ0n) is 9.53. The molecule has 1 aromatic carbocycles. The number of anilines is 1. The maximum absolute atomic E-state index is 12.5. The van der Waals surface area contributed by atoms with Gasteiger partial charge in [0.1, 0.15) is 5.70 Å². The molecule has 0 saturated carbocycles. The third kappa shape index (κ3) is 4.16. The van der Waals surface area contributed by atoms with Gasteiger partial charge in [0, 0.05) is 0 Å². The molecule has 0 aliphatic carbocycles. The fourth-order valence-corrected chi connectivity index (χ4v) is 1.38. The van der Waals surface area contributed by atoms with Crippen molar-refractivity contribution in [2.75, 3.05) is 5.32 Å². The number of rotatable bonds is 4. The Morgan fingerprint density at radius 1 is 1.25 bits per heavy atom. The van der Waals surface area contributed by atoms with Gasteiger partial charge in [0.15, 0.2) is 0 Å². The average Bonchev–Trinajstić information content (AvgIpc) is 2.28. The van der Waals surface area contributed by atoms with Crippen LogP contribution >= 0.6 is 11.6 Å². The number of benzene rings is 1. The van der Waals surface area contributed by atoms with Crippen LogP contribution in [0.2, 0.25) is 5.02 Å². The molecule has 1 aromatic rings. The van der Waals surface area contributed by atoms with Crippen LogP contribution in [0.4, 0.5) is 18.9 Å². The van der Waals surface area contributed by atoms with E-state index in [1.54, 1.807) is 0 Å². The summed E-state index contributed by atoms with van der Waals surface area (Å²) in [5, 5.41) is 19.1. The number of halogens is 4. The van der Waals surface area contributed by atoms with Gasteiger partial charge in [-0.1, -0.05) is 11.6 Å². The van der Waals surface area contributed by atoms with E-state index in [1.165, 1.54) is 0 Å². The first-order valence-electron chi connectivity index (χ1n) is 4.93. The summed E-state index contributed by atoms with van der Waals surface area (Å²) in [6.45, 7) is 0. The van der Waals surface area contributed by atoms with E-state index < -0.39 is 29.4 Å². The summed E-state index contributed by atoms with van der Waals surface area (Å²) in [7, 11) is 0. The van der Waals surface area contributed by atoms with Gasteiger partial charge in [0.05, 0.1) is 22.3 Å². The van der Waals surface area contributed by atoms with Gasteiger partial charge in [-0.3, -0.25) is 0 Å². The van der Waals surface area contributed by atoms with Crippen LogP contribution in [0.3, 0.4) is 0 Å². The van der Waals surface area contributed by atoms with E-state index >= 15 is 0 Å². The molecule has 5 nitrogen and oxygen atoms in total. The number of carbonyl (C=O) groups is 2. The second kappa shape index (κ2) is 5.83. The molecule has 20 heavy (non-hydrogen) atoms. The summed E-state index contributed by atoms with van der Waals surface area (Å²) in [5.74, 6) is -3.22. The molecule has 0 spiro atoms. The molecule has 0 aliphatic rings. The Morgan fingerprint density at radius 3 is 2.30 bits per heavy atom. The lowest BCUT2D eigenvalue weighted by Gasteiger charge is -2.12. The fraction of sp³-hybridized carbons (Fsp3) is 0.0909. The highest BCUT2D eigenvalue weighted by Crippen LogP contribution is 2.34. The molecule has 0 aromatic heterocycles. The number of hydrogen-bond acceptors (Lipinski definition) is 3. The first-order valence-corrected chi connectivity index (χ1v) is 5.30. The normalized spacial score (nSPS) is 12.1. The third-order valence-electron chi connectivity index (χ3n) is 2.06. The Kier molecular flexibility index (Phi) is 4.61. The quantitative estimate of drug-likeness (QED) is 0.745. The maximum Gasteiger partial charge on any atom is 0.416 e. The van der Waals surface area contributed by atoms with Crippen LogP contribution in [0, 0.1) is 0 Å². The summed E-state index contributed by atoms with van der Waals surface area (Å²) < 4.78 is 37.5. The number of carboxylic acid groups (broad SMARTS) is 2. The zero-order chi connectivity index (χ0) is 15.5. The van der Waals surface area contributed by atoms with E-state index in [1.807, 2.05) is 5.32 Å². The van der Waals surface area contributed by atoms with Crippen molar-refractivity contribution in [2.45, 2.75) is 6.18 Å². The van der Waals surface area contributed by atoms with Gasteiger partial charge < -0.3 is 15.5 Å². The monoisotopic (exact) mass is 309 g/mol. The van der Waals surface area contributed by atoms with Crippen molar-refractivity contribution in [3.8, 4) is 0 Å². The molecule has 0 saturated heterocycles. The molecular weight excluding hydrogens is 303 g/mol. The highest BCUT2D eigenvalue weighted by Gasteiger charge is 2.31. The van der Waals surface area contributed by atoms with Crippen molar-refractivity contribution in [1.29, 1.82) is 0 Å². The number of aliphatic carboxylic acids is 2. The van der Waals surface area contributed by atoms with Gasteiger partial charge in [0.2, 0.25) is 0 Å². The SMILES string of the molecule is O=C(O)/C=C(\Nc1cc(C(F)(F)F)ccc1Cl)C(=O)O. The minimum Gasteiger partial charge on any atom is -0.478 e. The van der Waals surface area contributed by atoms with Crippen molar-refractivity contribution in [3.05, 3.63) is 40.6 Å². The minimum atomic E-state index is -4.64. The standard InChI is InChI=1S/C11H7ClF3NO4/c12-6-2-1-5(11(13,14)15)3-7(6)16-8(10(19)20)4-9(17)18/h1-4,16H,(H,17,18)(H,19,20)/b8-4-. The first-order chi connectivity index (χ1) is 9.11. The van der Waals surface area contributed by atoms with E-state index in [0.29, 0.717) is 12.1 Å². The van der Waals surface area contributed by atoms with Crippen LogP contribution in [-0.2, 0) is 15.8 Å². The van der Waals surface area contributed by atoms with Crippen molar-refractivity contribution in [1.82, 2.24) is 0 Å². The number of hydrogen-bond donors (Lipinski definition) is 3. The van der Waals surface area contributed by atoms with Crippen molar-refractivity contribution < 1.29 is 33.0 Å². The predicted molar refractivity (Wildman–Crippen MR) is 63.4 cm³/mol. The topological polar surface area (TPSA) is 86.6 Å². The maximum atomic E-state index is 12.5. The second-order valence-electron chi connectivity index (χ2n) is 3.52. The Morgan fingerprint density at radius 2 is 1.85 bits per heavy atom. The van der Waals surface area contributed by atoms with Crippen molar-refractivity contribution >= 4 is 29.2 Å². The minimum absolute atomic E-state index is 0.185. The van der Waals surface area contributed by atoms with Gasteiger partial charge in [0.25, 0.3) is 0 Å². The molecular formula is C11H7ClF3NO4. The molecule has 0 fully saturated rings. The Bertz CT molecular complexity index is 584. The Labute approximate surface area is 115 Å². The summed E-state index contributed by atoms with van der Waals surface area (Å²) in [6, 6.07) is 2.22. The largest absolute Gasteiger partial charge is 0.478 e. The summed E-state index contributed by atoms with van der Waals surface area (Å²) in [5.41, 5.74) is -2.24. The molecule has 0 aliphatic heterocycles. The fourth-order valence-electron chi connectivity index (χ4n) is 1.22. The smallest absolute Gasteiger partial charge is 0.416 e. The van der Waals surface area contributed by atoms with Crippen molar-refractivity contribution in [3.63, 3.8) is 0 Å². The third-order valence-corrected chi connectivity index (χ3v) is 2.39. The van der Waals surface area contributed by atoms with Gasteiger partial charge in [-0.25, -0.2) is 9.59 Å². The molecule has 108 valence electrons. The summed E-state index contributed by atoms with van der Waals surface area (Å²) >= 11 is 5.63. The van der Waals surface area contributed by atoms with E-state index in [9.17, 15) is 22.8 Å². The van der Waals surface area contributed by atoms with Crippen LogP contribution < -0.4 is 5.32 Å². The van der Waals surface area contributed by atoms with Gasteiger partial charge in [-0.2, -0.15) is 13.2 Å². The lowest BCUT2D eigenvalue weighted by molar-refractivity contribution is -0.137. The van der Waals surface area contributed by atoms with Gasteiger partial charge in [-0.05, 0) is 18.2 Å². The number of nitrogens with one attached hydrogen (secondary N) is 1. The number of carboxylic acids is 2. The van der Waals surface area contributed by atoms with Gasteiger partial charge >= 0.3 is 18.1 Å². The molecule has 0 heterocycles. The van der Waals surface area contributed by atoms with Crippen LogP contribution in [0.15, 0.2) is 30.0 Å². The van der Waals surface area contributed by atoms with Crippen LogP contribution in [0.5, 0.6) is 0 Å². The average molecular weight is 310 g/mol. The van der Waals surface area contributed by atoms with Crippen LogP contribution in [0.25, 0.3) is 0 Å². The van der Waals surface area contributed by atoms with Crippen LogP contribution in [0.1, 0.15) is 5.56 Å². The molecule has 0 atom stereocenters. The highest BCUT2D eigenvalue weighted by atomic mass is 35.5.